The van der Waals surface area contributed by atoms with E-state index in [1.807, 2.05) is 0 Å². The summed E-state index contributed by atoms with van der Waals surface area (Å²) >= 11 is 5.49. The van der Waals surface area contributed by atoms with E-state index in [9.17, 15) is 18.0 Å². The number of ketones is 1. The Balaban J connectivity index is 2.49. The maximum absolute atomic E-state index is 13.6. The van der Waals surface area contributed by atoms with Crippen LogP contribution < -0.4 is 0 Å². The molecule has 19 heavy (non-hydrogen) atoms. The van der Waals surface area contributed by atoms with Crippen molar-refractivity contribution in [3.05, 3.63) is 69.5 Å². The normalized spacial score (nSPS) is 10.6. The zero-order valence-corrected chi connectivity index (χ0v) is 10.6. The molecular formula is C14H8ClF3O. The van der Waals surface area contributed by atoms with Crippen molar-refractivity contribution in [2.45, 2.75) is 6.92 Å². The second-order valence-corrected chi connectivity index (χ2v) is 4.45. The van der Waals surface area contributed by atoms with Gasteiger partial charge in [0.1, 0.15) is 17.5 Å². The molecule has 98 valence electrons. The van der Waals surface area contributed by atoms with Crippen molar-refractivity contribution in [3.63, 3.8) is 0 Å². The van der Waals surface area contributed by atoms with Crippen LogP contribution in [0.5, 0.6) is 0 Å². The van der Waals surface area contributed by atoms with E-state index in [2.05, 4.69) is 0 Å². The van der Waals surface area contributed by atoms with Crippen molar-refractivity contribution < 1.29 is 18.0 Å². The molecule has 5 heteroatoms. The van der Waals surface area contributed by atoms with Gasteiger partial charge in [0.15, 0.2) is 5.78 Å². The average Bonchev–Trinajstić information content (AvgIpc) is 2.36. The Labute approximate surface area is 112 Å². The molecule has 2 rings (SSSR count). The fraction of sp³-hybridized carbons (Fsp3) is 0.0714. The van der Waals surface area contributed by atoms with Crippen LogP contribution in [0.4, 0.5) is 13.2 Å². The first kappa shape index (κ1) is 13.6. The highest BCUT2D eigenvalue weighted by Gasteiger charge is 2.17. The minimum atomic E-state index is -0.848. The van der Waals surface area contributed by atoms with Crippen molar-refractivity contribution in [1.82, 2.24) is 0 Å². The van der Waals surface area contributed by atoms with Crippen LogP contribution in [-0.2, 0) is 0 Å². The van der Waals surface area contributed by atoms with Crippen LogP contribution in [0.2, 0.25) is 5.02 Å². The van der Waals surface area contributed by atoms with Gasteiger partial charge in [-0.25, -0.2) is 13.2 Å². The number of halogens is 4. The second kappa shape index (κ2) is 5.05. The van der Waals surface area contributed by atoms with Gasteiger partial charge in [0.2, 0.25) is 0 Å². The molecule has 0 bridgehead atoms. The van der Waals surface area contributed by atoms with Crippen molar-refractivity contribution in [2.24, 2.45) is 0 Å². The standard InChI is InChI=1S/C14H8ClF3O/c1-7-4-12(17)9(6-11(7)16)14(19)8-2-3-10(15)13(18)5-8/h2-6H,1H3. The molecule has 0 saturated carbocycles. The topological polar surface area (TPSA) is 17.1 Å². The highest BCUT2D eigenvalue weighted by molar-refractivity contribution is 6.30. The van der Waals surface area contributed by atoms with Gasteiger partial charge in [0.25, 0.3) is 0 Å². The van der Waals surface area contributed by atoms with Gasteiger partial charge in [-0.3, -0.25) is 4.79 Å². The number of hydrogen-bond acceptors (Lipinski definition) is 1. The molecule has 2 aromatic carbocycles. The summed E-state index contributed by atoms with van der Waals surface area (Å²) in [5.41, 5.74) is -0.440. The fourth-order valence-electron chi connectivity index (χ4n) is 1.61. The quantitative estimate of drug-likeness (QED) is 0.752. The van der Waals surface area contributed by atoms with Gasteiger partial charge in [-0.05, 0) is 42.8 Å². The van der Waals surface area contributed by atoms with Crippen LogP contribution in [0.25, 0.3) is 0 Å². The molecular weight excluding hydrogens is 277 g/mol. The summed E-state index contributed by atoms with van der Waals surface area (Å²) in [6, 6.07) is 5.06. The lowest BCUT2D eigenvalue weighted by Gasteiger charge is -2.05. The Bertz CT molecular complexity index is 668. The van der Waals surface area contributed by atoms with Crippen LogP contribution in [-0.4, -0.2) is 5.78 Å². The van der Waals surface area contributed by atoms with Gasteiger partial charge in [-0.1, -0.05) is 11.6 Å². The predicted molar refractivity (Wildman–Crippen MR) is 65.9 cm³/mol. The zero-order valence-electron chi connectivity index (χ0n) is 9.81. The summed E-state index contributed by atoms with van der Waals surface area (Å²) in [6.07, 6.45) is 0. The third-order valence-corrected chi connectivity index (χ3v) is 2.98. The highest BCUT2D eigenvalue weighted by atomic mass is 35.5. The van der Waals surface area contributed by atoms with Crippen LogP contribution in [0.15, 0.2) is 30.3 Å². The van der Waals surface area contributed by atoms with E-state index >= 15 is 0 Å². The van der Waals surface area contributed by atoms with E-state index in [0.717, 1.165) is 18.2 Å². The van der Waals surface area contributed by atoms with Crippen LogP contribution in [0.3, 0.4) is 0 Å². The maximum Gasteiger partial charge on any atom is 0.196 e. The maximum atomic E-state index is 13.6. The van der Waals surface area contributed by atoms with Crippen LogP contribution in [0.1, 0.15) is 21.5 Å². The number of carbonyl (C=O) groups excluding carboxylic acids is 1. The molecule has 2 aromatic rings. The molecule has 0 heterocycles. The minimum absolute atomic E-state index is 0.0935. The molecule has 0 aromatic heterocycles. The average molecular weight is 285 g/mol. The van der Waals surface area contributed by atoms with E-state index in [1.165, 1.54) is 19.1 Å². The largest absolute Gasteiger partial charge is 0.288 e. The molecule has 1 nitrogen and oxygen atoms in total. The van der Waals surface area contributed by atoms with Crippen molar-refractivity contribution >= 4 is 17.4 Å². The Morgan fingerprint density at radius 3 is 2.32 bits per heavy atom. The summed E-state index contributed by atoms with van der Waals surface area (Å²) in [7, 11) is 0. The number of hydrogen-bond donors (Lipinski definition) is 0. The molecule has 0 fully saturated rings. The summed E-state index contributed by atoms with van der Waals surface area (Å²) in [5.74, 6) is -3.13. The van der Waals surface area contributed by atoms with Crippen LogP contribution in [0, 0.1) is 24.4 Å². The van der Waals surface area contributed by atoms with Crippen molar-refractivity contribution in [2.75, 3.05) is 0 Å². The molecule has 0 spiro atoms. The SMILES string of the molecule is Cc1cc(F)c(C(=O)c2ccc(Cl)c(F)c2)cc1F. The first-order valence-electron chi connectivity index (χ1n) is 5.35. The minimum Gasteiger partial charge on any atom is -0.288 e. The third-order valence-electron chi connectivity index (χ3n) is 2.67. The molecule has 0 aliphatic rings. The Hall–Kier alpha value is -1.81. The summed E-state index contributed by atoms with van der Waals surface area (Å²) in [4.78, 5) is 12.0. The van der Waals surface area contributed by atoms with Gasteiger partial charge in [0.05, 0.1) is 10.6 Å². The van der Waals surface area contributed by atoms with Crippen molar-refractivity contribution in [3.8, 4) is 0 Å². The predicted octanol–water partition coefficient (Wildman–Crippen LogP) is 4.30. The fourth-order valence-corrected chi connectivity index (χ4v) is 1.73. The van der Waals surface area contributed by atoms with Gasteiger partial charge < -0.3 is 0 Å². The number of carbonyl (C=O) groups is 1. The van der Waals surface area contributed by atoms with E-state index in [-0.39, 0.29) is 16.1 Å². The lowest BCUT2D eigenvalue weighted by molar-refractivity contribution is 0.103. The number of benzene rings is 2. The van der Waals surface area contributed by atoms with Gasteiger partial charge in [-0.2, -0.15) is 0 Å². The molecule has 0 aliphatic carbocycles. The van der Waals surface area contributed by atoms with E-state index in [4.69, 9.17) is 11.6 Å². The number of aryl methyl sites for hydroxylation is 1. The Morgan fingerprint density at radius 1 is 1.00 bits per heavy atom. The molecule has 0 unspecified atom stereocenters. The van der Waals surface area contributed by atoms with E-state index in [0.29, 0.717) is 0 Å². The highest BCUT2D eigenvalue weighted by Crippen LogP contribution is 2.21. The van der Waals surface area contributed by atoms with E-state index in [1.54, 1.807) is 0 Å². The third kappa shape index (κ3) is 2.63. The first-order valence-corrected chi connectivity index (χ1v) is 5.73. The first-order chi connectivity index (χ1) is 8.90. The zero-order chi connectivity index (χ0) is 14.2. The second-order valence-electron chi connectivity index (χ2n) is 4.04. The van der Waals surface area contributed by atoms with Gasteiger partial charge >= 0.3 is 0 Å². The van der Waals surface area contributed by atoms with Crippen LogP contribution >= 0.6 is 11.6 Å². The lowest BCUT2D eigenvalue weighted by atomic mass is 10.0. The monoisotopic (exact) mass is 284 g/mol. The number of rotatable bonds is 2. The Morgan fingerprint density at radius 2 is 1.68 bits per heavy atom. The molecule has 0 amide bonds. The Kier molecular flexibility index (Phi) is 3.62. The van der Waals surface area contributed by atoms with Gasteiger partial charge in [0, 0.05) is 5.56 Å². The van der Waals surface area contributed by atoms with Gasteiger partial charge in [-0.15, -0.1) is 0 Å². The van der Waals surface area contributed by atoms with Crippen molar-refractivity contribution in [1.29, 1.82) is 0 Å². The molecule has 0 saturated heterocycles. The lowest BCUT2D eigenvalue weighted by Crippen LogP contribution is -2.06. The summed E-state index contributed by atoms with van der Waals surface area (Å²) in [6.45, 7) is 1.38. The molecule has 0 aliphatic heterocycles. The molecule has 0 atom stereocenters. The summed E-state index contributed by atoms with van der Waals surface area (Å²) < 4.78 is 40.3. The smallest absolute Gasteiger partial charge is 0.196 e. The van der Waals surface area contributed by atoms with E-state index < -0.39 is 28.8 Å². The summed E-state index contributed by atoms with van der Waals surface area (Å²) in [5, 5.41) is -0.146. The molecule has 0 N–H and O–H groups in total. The molecule has 0 radical (unpaired) electrons.